The van der Waals surface area contributed by atoms with Gasteiger partial charge >= 0.3 is 0 Å². The molecule has 0 spiro atoms. The molecule has 0 aliphatic heterocycles. The molecule has 15 heavy (non-hydrogen) atoms. The van der Waals surface area contributed by atoms with Crippen LogP contribution in [0.2, 0.25) is 0 Å². The zero-order chi connectivity index (χ0) is 11.4. The molecule has 1 atom stereocenters. The monoisotopic (exact) mass is 210 g/mol. The van der Waals surface area contributed by atoms with Gasteiger partial charge in [-0.1, -0.05) is 13.8 Å². The van der Waals surface area contributed by atoms with E-state index in [1.165, 1.54) is 0 Å². The third-order valence-electron chi connectivity index (χ3n) is 2.18. The van der Waals surface area contributed by atoms with Crippen molar-refractivity contribution in [1.29, 1.82) is 0 Å². The lowest BCUT2D eigenvalue weighted by molar-refractivity contribution is -0.123. The normalized spacial score (nSPS) is 12.8. The summed E-state index contributed by atoms with van der Waals surface area (Å²) in [5.74, 6) is 0.775. The molecule has 3 N–H and O–H groups in total. The predicted molar refractivity (Wildman–Crippen MR) is 59.2 cm³/mol. The number of amides is 1. The summed E-state index contributed by atoms with van der Waals surface area (Å²) in [6.07, 6.45) is 3.29. The van der Waals surface area contributed by atoms with Crippen LogP contribution in [0.15, 0.2) is 12.4 Å². The first-order chi connectivity index (χ1) is 7.02. The number of anilines is 1. The maximum absolute atomic E-state index is 11.7. The summed E-state index contributed by atoms with van der Waals surface area (Å²) in [6.45, 7) is 6.58. The smallest absolute Gasteiger partial charge is 0.242 e. The molecular formula is C10H18N4O. The first-order valence-corrected chi connectivity index (χ1v) is 5.08. The fraction of sp³-hybridized carbons (Fsp3) is 0.600. The number of nitrogens with one attached hydrogen (secondary N) is 1. The fourth-order valence-corrected chi connectivity index (χ4v) is 1.23. The Hall–Kier alpha value is -1.52. The number of carbonyl (C=O) groups excluding carboxylic acids is 1. The number of nitrogens with two attached hydrogens (primary N) is 1. The van der Waals surface area contributed by atoms with Gasteiger partial charge in [0.05, 0.1) is 0 Å². The highest BCUT2D eigenvalue weighted by molar-refractivity contribution is 5.80. The maximum atomic E-state index is 11.7. The lowest BCUT2D eigenvalue weighted by Gasteiger charge is -2.15. The van der Waals surface area contributed by atoms with Crippen LogP contribution in [0.25, 0.3) is 0 Å². The summed E-state index contributed by atoms with van der Waals surface area (Å²) in [6, 6.07) is -0.314. The fourth-order valence-electron chi connectivity index (χ4n) is 1.23. The molecule has 0 aliphatic rings. The van der Waals surface area contributed by atoms with E-state index in [0.717, 1.165) is 0 Å². The van der Waals surface area contributed by atoms with Gasteiger partial charge in [-0.05, 0) is 12.8 Å². The average Bonchev–Trinajstić information content (AvgIpc) is 2.59. The molecule has 1 amide bonds. The number of nitrogen functional groups attached to an aromatic ring is 1. The maximum Gasteiger partial charge on any atom is 0.242 e. The molecule has 1 heterocycles. The van der Waals surface area contributed by atoms with E-state index in [1.54, 1.807) is 23.9 Å². The molecule has 0 aliphatic carbocycles. The number of hydrogen-bond donors (Lipinski definition) is 2. The molecule has 0 fully saturated rings. The Morgan fingerprint density at radius 3 is 2.73 bits per heavy atom. The summed E-state index contributed by atoms with van der Waals surface area (Å²) in [5, 5.41) is 2.85. The van der Waals surface area contributed by atoms with E-state index in [1.807, 2.05) is 0 Å². The molecule has 1 unspecified atom stereocenters. The van der Waals surface area contributed by atoms with E-state index in [2.05, 4.69) is 24.1 Å². The third-order valence-corrected chi connectivity index (χ3v) is 2.18. The molecule has 0 saturated carbocycles. The number of rotatable bonds is 4. The lowest BCUT2D eigenvalue weighted by Crippen LogP contribution is -2.33. The number of aromatic nitrogens is 2. The van der Waals surface area contributed by atoms with Crippen LogP contribution >= 0.6 is 0 Å². The average molecular weight is 210 g/mol. The summed E-state index contributed by atoms with van der Waals surface area (Å²) < 4.78 is 1.65. The van der Waals surface area contributed by atoms with E-state index < -0.39 is 0 Å². The van der Waals surface area contributed by atoms with Crippen molar-refractivity contribution in [2.24, 2.45) is 5.92 Å². The minimum Gasteiger partial charge on any atom is -0.369 e. The molecule has 0 radical (unpaired) electrons. The molecule has 5 heteroatoms. The van der Waals surface area contributed by atoms with Crippen LogP contribution in [-0.4, -0.2) is 22.0 Å². The quantitative estimate of drug-likeness (QED) is 0.772. The van der Waals surface area contributed by atoms with Crippen LogP contribution in [-0.2, 0) is 4.79 Å². The van der Waals surface area contributed by atoms with Gasteiger partial charge in [-0.15, -0.1) is 0 Å². The highest BCUT2D eigenvalue weighted by Gasteiger charge is 2.16. The van der Waals surface area contributed by atoms with Gasteiger partial charge < -0.3 is 15.6 Å². The second-order valence-electron chi connectivity index (χ2n) is 4.01. The van der Waals surface area contributed by atoms with Gasteiger partial charge in [-0.3, -0.25) is 4.79 Å². The Bertz CT molecular complexity index is 332. The van der Waals surface area contributed by atoms with Crippen LogP contribution in [0.4, 0.5) is 5.95 Å². The van der Waals surface area contributed by atoms with Crippen LogP contribution < -0.4 is 11.1 Å². The number of nitrogens with zero attached hydrogens (tertiary/aromatic N) is 2. The van der Waals surface area contributed by atoms with Gasteiger partial charge in [-0.25, -0.2) is 4.98 Å². The van der Waals surface area contributed by atoms with E-state index in [9.17, 15) is 4.79 Å². The first-order valence-electron chi connectivity index (χ1n) is 5.08. The molecule has 0 bridgehead atoms. The molecule has 0 aromatic carbocycles. The van der Waals surface area contributed by atoms with E-state index >= 15 is 0 Å². The van der Waals surface area contributed by atoms with Gasteiger partial charge in [0.1, 0.15) is 6.04 Å². The van der Waals surface area contributed by atoms with Crippen molar-refractivity contribution in [3.63, 3.8) is 0 Å². The van der Waals surface area contributed by atoms with Crippen molar-refractivity contribution < 1.29 is 4.79 Å². The summed E-state index contributed by atoms with van der Waals surface area (Å²) in [7, 11) is 0. The van der Waals surface area contributed by atoms with Crippen molar-refractivity contribution in [2.75, 3.05) is 12.3 Å². The minimum absolute atomic E-state index is 0.0339. The van der Waals surface area contributed by atoms with E-state index in [4.69, 9.17) is 5.73 Å². The van der Waals surface area contributed by atoms with Crippen LogP contribution in [0, 0.1) is 5.92 Å². The molecule has 5 nitrogen and oxygen atoms in total. The summed E-state index contributed by atoms with van der Waals surface area (Å²) in [5.41, 5.74) is 5.61. The summed E-state index contributed by atoms with van der Waals surface area (Å²) >= 11 is 0. The van der Waals surface area contributed by atoms with Crippen molar-refractivity contribution in [1.82, 2.24) is 14.9 Å². The van der Waals surface area contributed by atoms with Crippen LogP contribution in [0.3, 0.4) is 0 Å². The zero-order valence-electron chi connectivity index (χ0n) is 9.40. The van der Waals surface area contributed by atoms with Crippen LogP contribution in [0.1, 0.15) is 26.8 Å². The van der Waals surface area contributed by atoms with Crippen molar-refractivity contribution in [3.05, 3.63) is 12.4 Å². The largest absolute Gasteiger partial charge is 0.369 e. The Balaban J connectivity index is 2.57. The number of imidazole rings is 1. The van der Waals surface area contributed by atoms with Crippen molar-refractivity contribution >= 4 is 11.9 Å². The van der Waals surface area contributed by atoms with Gasteiger partial charge in [0, 0.05) is 18.9 Å². The Labute approximate surface area is 89.7 Å². The van der Waals surface area contributed by atoms with Crippen molar-refractivity contribution in [2.45, 2.75) is 26.8 Å². The molecule has 1 aromatic rings. The van der Waals surface area contributed by atoms with E-state index in [-0.39, 0.29) is 11.9 Å². The molecule has 1 aromatic heterocycles. The highest BCUT2D eigenvalue weighted by Crippen LogP contribution is 2.10. The molecule has 84 valence electrons. The van der Waals surface area contributed by atoms with Gasteiger partial charge in [-0.2, -0.15) is 0 Å². The first kappa shape index (κ1) is 11.6. The SMILES string of the molecule is CC(C)CNC(=O)C(C)n1ccnc1N. The Morgan fingerprint density at radius 1 is 1.60 bits per heavy atom. The lowest BCUT2D eigenvalue weighted by atomic mass is 10.2. The molecule has 1 rings (SSSR count). The second-order valence-corrected chi connectivity index (χ2v) is 4.01. The predicted octanol–water partition coefficient (Wildman–Crippen LogP) is 0.798. The van der Waals surface area contributed by atoms with E-state index in [0.29, 0.717) is 18.4 Å². The van der Waals surface area contributed by atoms with Gasteiger partial charge in [0.25, 0.3) is 0 Å². The second kappa shape index (κ2) is 4.82. The standard InChI is InChI=1S/C10H18N4O/c1-7(2)6-13-9(15)8(3)14-5-4-12-10(14)11/h4-5,7-8H,6H2,1-3H3,(H2,11,12)(H,13,15). The molecular weight excluding hydrogens is 192 g/mol. The highest BCUT2D eigenvalue weighted by atomic mass is 16.2. The van der Waals surface area contributed by atoms with Gasteiger partial charge in [0.2, 0.25) is 11.9 Å². The van der Waals surface area contributed by atoms with Crippen LogP contribution in [0.5, 0.6) is 0 Å². The molecule has 0 saturated heterocycles. The minimum atomic E-state index is -0.314. The Morgan fingerprint density at radius 2 is 2.27 bits per heavy atom. The van der Waals surface area contributed by atoms with Crippen molar-refractivity contribution in [3.8, 4) is 0 Å². The number of carbonyl (C=O) groups is 1. The number of hydrogen-bond acceptors (Lipinski definition) is 3. The Kier molecular flexibility index (Phi) is 3.71. The summed E-state index contributed by atoms with van der Waals surface area (Å²) in [4.78, 5) is 15.6. The van der Waals surface area contributed by atoms with Gasteiger partial charge in [0.15, 0.2) is 0 Å². The topological polar surface area (TPSA) is 72.9 Å². The zero-order valence-corrected chi connectivity index (χ0v) is 9.40. The third kappa shape index (κ3) is 2.97.